The van der Waals surface area contributed by atoms with Gasteiger partial charge in [0.25, 0.3) is 0 Å². The molecular weight excluding hydrogens is 210 g/mol. The summed E-state index contributed by atoms with van der Waals surface area (Å²) in [5.41, 5.74) is 0.997. The normalized spacial score (nSPS) is 9.67. The highest BCUT2D eigenvalue weighted by atomic mass is 35.5. The molecule has 0 bridgehead atoms. The van der Waals surface area contributed by atoms with Crippen molar-refractivity contribution in [2.45, 2.75) is 26.2 Å². The topological polar surface area (TPSA) is 37.8 Å². The number of halogens is 1. The lowest BCUT2D eigenvalue weighted by molar-refractivity contribution is 0.786. The average molecular weight is 224 g/mol. The van der Waals surface area contributed by atoms with Crippen molar-refractivity contribution in [3.63, 3.8) is 0 Å². The van der Waals surface area contributed by atoms with Crippen LogP contribution in [0, 0.1) is 19.3 Å². The molecule has 0 amide bonds. The van der Waals surface area contributed by atoms with Crippen LogP contribution in [0.2, 0.25) is 5.28 Å². The largest absolute Gasteiger partial charge is 0.370 e. The third-order valence-corrected chi connectivity index (χ3v) is 2.16. The van der Waals surface area contributed by atoms with E-state index in [4.69, 9.17) is 18.0 Å². The quantitative estimate of drug-likeness (QED) is 0.474. The summed E-state index contributed by atoms with van der Waals surface area (Å²) in [7, 11) is 0. The number of unbranched alkanes of at least 4 members (excludes halogenated alkanes) is 2. The molecule has 1 rings (SSSR count). The van der Waals surface area contributed by atoms with E-state index >= 15 is 0 Å². The zero-order chi connectivity index (χ0) is 11.1. The van der Waals surface area contributed by atoms with E-state index in [1.165, 1.54) is 0 Å². The minimum Gasteiger partial charge on any atom is -0.370 e. The molecule has 1 heterocycles. The van der Waals surface area contributed by atoms with Crippen LogP contribution in [0.4, 0.5) is 5.82 Å². The van der Waals surface area contributed by atoms with Gasteiger partial charge in [-0.2, -0.15) is 0 Å². The van der Waals surface area contributed by atoms with Gasteiger partial charge < -0.3 is 5.32 Å². The van der Waals surface area contributed by atoms with Gasteiger partial charge in [-0.25, -0.2) is 9.97 Å². The summed E-state index contributed by atoms with van der Waals surface area (Å²) in [6.45, 7) is 2.80. The Morgan fingerprint density at radius 2 is 2.33 bits per heavy atom. The lowest BCUT2D eigenvalue weighted by Gasteiger charge is -2.07. The number of hydrogen-bond donors (Lipinski definition) is 1. The van der Waals surface area contributed by atoms with E-state index < -0.39 is 0 Å². The molecule has 1 aromatic rings. The van der Waals surface area contributed by atoms with Crippen molar-refractivity contribution in [2.24, 2.45) is 0 Å². The number of nitrogens with one attached hydrogen (secondary N) is 1. The molecule has 3 nitrogen and oxygen atoms in total. The number of aromatic nitrogens is 2. The molecule has 0 aromatic carbocycles. The zero-order valence-electron chi connectivity index (χ0n) is 8.76. The monoisotopic (exact) mass is 223 g/mol. The van der Waals surface area contributed by atoms with Gasteiger partial charge in [-0.3, -0.25) is 0 Å². The van der Waals surface area contributed by atoms with Gasteiger partial charge >= 0.3 is 0 Å². The Balaban J connectivity index is 2.37. The minimum atomic E-state index is 0.270. The van der Waals surface area contributed by atoms with Crippen LogP contribution in [-0.2, 0) is 0 Å². The fraction of sp³-hybridized carbons (Fsp3) is 0.455. The molecule has 0 atom stereocenters. The van der Waals surface area contributed by atoms with Gasteiger partial charge in [0.05, 0.1) is 0 Å². The van der Waals surface area contributed by atoms with Crippen LogP contribution >= 0.6 is 11.6 Å². The summed E-state index contributed by atoms with van der Waals surface area (Å²) >= 11 is 5.69. The predicted molar refractivity (Wildman–Crippen MR) is 63.0 cm³/mol. The number of nitrogens with zero attached hydrogens (tertiary/aromatic N) is 2. The number of hydrogen-bond acceptors (Lipinski definition) is 3. The van der Waals surface area contributed by atoms with Gasteiger partial charge in [-0.1, -0.05) is 0 Å². The zero-order valence-corrected chi connectivity index (χ0v) is 9.51. The first-order valence-electron chi connectivity index (χ1n) is 4.90. The van der Waals surface area contributed by atoms with Crippen LogP contribution in [0.25, 0.3) is 0 Å². The Bertz CT molecular complexity index is 357. The number of terminal acetylenes is 1. The third kappa shape index (κ3) is 4.18. The molecule has 1 aromatic heterocycles. The maximum absolute atomic E-state index is 5.69. The minimum absolute atomic E-state index is 0.270. The van der Waals surface area contributed by atoms with Crippen LogP contribution in [0.1, 0.15) is 24.8 Å². The second kappa shape index (κ2) is 6.26. The van der Waals surface area contributed by atoms with Crippen molar-refractivity contribution in [1.82, 2.24) is 9.97 Å². The first-order valence-corrected chi connectivity index (χ1v) is 5.28. The summed E-state index contributed by atoms with van der Waals surface area (Å²) < 4.78 is 0. The smallest absolute Gasteiger partial charge is 0.224 e. The first-order chi connectivity index (χ1) is 7.24. The first kappa shape index (κ1) is 11.8. The maximum atomic E-state index is 5.69. The van der Waals surface area contributed by atoms with Crippen LogP contribution < -0.4 is 5.32 Å². The fourth-order valence-electron chi connectivity index (χ4n) is 1.16. The standard InChI is InChI=1S/C11H14ClN3/c1-3-4-5-6-7-13-10-9(2)8-14-11(12)15-10/h1,8H,4-7H2,2H3,(H,13,14,15). The van der Waals surface area contributed by atoms with E-state index in [2.05, 4.69) is 21.2 Å². The van der Waals surface area contributed by atoms with Crippen molar-refractivity contribution < 1.29 is 0 Å². The molecule has 4 heteroatoms. The molecule has 15 heavy (non-hydrogen) atoms. The van der Waals surface area contributed by atoms with E-state index in [0.29, 0.717) is 0 Å². The molecule has 80 valence electrons. The second-order valence-electron chi connectivity index (χ2n) is 3.26. The van der Waals surface area contributed by atoms with E-state index in [1.807, 2.05) is 6.92 Å². The van der Waals surface area contributed by atoms with Crippen molar-refractivity contribution in [2.75, 3.05) is 11.9 Å². The van der Waals surface area contributed by atoms with Crippen LogP contribution in [0.3, 0.4) is 0 Å². The Morgan fingerprint density at radius 3 is 3.07 bits per heavy atom. The number of rotatable bonds is 5. The van der Waals surface area contributed by atoms with Crippen LogP contribution in [0.5, 0.6) is 0 Å². The van der Waals surface area contributed by atoms with Crippen LogP contribution in [-0.4, -0.2) is 16.5 Å². The molecule has 0 unspecified atom stereocenters. The van der Waals surface area contributed by atoms with E-state index in [1.54, 1.807) is 6.20 Å². The van der Waals surface area contributed by atoms with Gasteiger partial charge in [-0.05, 0) is 31.4 Å². The van der Waals surface area contributed by atoms with Crippen molar-refractivity contribution in [3.05, 3.63) is 17.0 Å². The van der Waals surface area contributed by atoms with Crippen molar-refractivity contribution >= 4 is 17.4 Å². The summed E-state index contributed by atoms with van der Waals surface area (Å²) in [5.74, 6) is 3.41. The van der Waals surface area contributed by atoms with Gasteiger partial charge in [0, 0.05) is 24.7 Å². The molecule has 1 N–H and O–H groups in total. The summed E-state index contributed by atoms with van der Waals surface area (Å²) in [6, 6.07) is 0. The van der Waals surface area contributed by atoms with Crippen LogP contribution in [0.15, 0.2) is 6.20 Å². The van der Waals surface area contributed by atoms with E-state index in [0.717, 1.165) is 37.2 Å². The molecule has 0 saturated heterocycles. The highest BCUT2D eigenvalue weighted by molar-refractivity contribution is 6.28. The summed E-state index contributed by atoms with van der Waals surface area (Å²) in [4.78, 5) is 7.98. The van der Waals surface area contributed by atoms with Crippen molar-refractivity contribution in [1.29, 1.82) is 0 Å². The Morgan fingerprint density at radius 1 is 1.53 bits per heavy atom. The van der Waals surface area contributed by atoms with Gasteiger partial charge in [0.1, 0.15) is 5.82 Å². The maximum Gasteiger partial charge on any atom is 0.224 e. The lowest BCUT2D eigenvalue weighted by atomic mass is 10.2. The molecule has 0 spiro atoms. The number of aryl methyl sites for hydroxylation is 1. The van der Waals surface area contributed by atoms with E-state index in [9.17, 15) is 0 Å². The van der Waals surface area contributed by atoms with Gasteiger partial charge in [-0.15, -0.1) is 12.3 Å². The SMILES string of the molecule is C#CCCCCNc1nc(Cl)ncc1C. The lowest BCUT2D eigenvalue weighted by Crippen LogP contribution is -2.05. The van der Waals surface area contributed by atoms with Gasteiger partial charge in [0.15, 0.2) is 0 Å². The molecule has 0 fully saturated rings. The molecule has 0 aliphatic heterocycles. The summed E-state index contributed by atoms with van der Waals surface area (Å²) in [5, 5.41) is 3.48. The molecule has 0 radical (unpaired) electrons. The molecular formula is C11H14ClN3. The Kier molecular flexibility index (Phi) is 4.92. The Labute approximate surface area is 95.3 Å². The fourth-order valence-corrected chi connectivity index (χ4v) is 1.29. The van der Waals surface area contributed by atoms with E-state index in [-0.39, 0.29) is 5.28 Å². The predicted octanol–water partition coefficient (Wildman–Crippen LogP) is 2.65. The molecule has 0 aliphatic rings. The third-order valence-electron chi connectivity index (χ3n) is 1.98. The van der Waals surface area contributed by atoms with Crippen molar-refractivity contribution in [3.8, 4) is 12.3 Å². The second-order valence-corrected chi connectivity index (χ2v) is 3.60. The molecule has 0 saturated carbocycles. The Hall–Kier alpha value is -1.27. The average Bonchev–Trinajstić information content (AvgIpc) is 2.23. The van der Waals surface area contributed by atoms with Gasteiger partial charge in [0.2, 0.25) is 5.28 Å². The number of anilines is 1. The summed E-state index contributed by atoms with van der Waals surface area (Å²) in [6.07, 6.45) is 9.75. The highest BCUT2D eigenvalue weighted by Crippen LogP contribution is 2.12. The highest BCUT2D eigenvalue weighted by Gasteiger charge is 2.00. The molecule has 0 aliphatic carbocycles.